The Morgan fingerprint density at radius 2 is 1.90 bits per heavy atom. The predicted octanol–water partition coefficient (Wildman–Crippen LogP) is -0.745. The number of aliphatic carboxylic acids is 1. The zero-order valence-electron chi connectivity index (χ0n) is 11.6. The van der Waals surface area contributed by atoms with Crippen molar-refractivity contribution in [2.75, 3.05) is 39.9 Å². The number of amides is 3. The van der Waals surface area contributed by atoms with Crippen molar-refractivity contribution in [2.45, 2.75) is 12.8 Å². The Labute approximate surface area is 117 Å². The minimum Gasteiger partial charge on any atom is -0.480 e. The number of ether oxygens (including phenoxy) is 1. The summed E-state index contributed by atoms with van der Waals surface area (Å²) in [7, 11) is 1.48. The minimum atomic E-state index is -1.08. The molecule has 1 aliphatic carbocycles. The number of carboxylic acid groups (broad SMARTS) is 1. The molecule has 8 nitrogen and oxygen atoms in total. The number of nitrogens with zero attached hydrogens (tertiary/aromatic N) is 1. The van der Waals surface area contributed by atoms with E-state index < -0.39 is 12.0 Å². The van der Waals surface area contributed by atoms with Gasteiger partial charge in [-0.2, -0.15) is 0 Å². The lowest BCUT2D eigenvalue weighted by atomic mass is 10.4. The third-order valence-electron chi connectivity index (χ3n) is 2.83. The van der Waals surface area contributed by atoms with E-state index in [1.54, 1.807) is 0 Å². The number of carboxylic acids is 1. The average molecular weight is 287 g/mol. The lowest BCUT2D eigenvalue weighted by Gasteiger charge is -2.20. The second-order valence-electron chi connectivity index (χ2n) is 4.61. The molecular weight excluding hydrogens is 266 g/mol. The van der Waals surface area contributed by atoms with Crippen LogP contribution >= 0.6 is 0 Å². The van der Waals surface area contributed by atoms with Gasteiger partial charge in [-0.15, -0.1) is 0 Å². The first-order valence-electron chi connectivity index (χ1n) is 6.55. The molecule has 8 heteroatoms. The molecule has 114 valence electrons. The van der Waals surface area contributed by atoms with Gasteiger partial charge in [0.25, 0.3) is 0 Å². The maximum atomic E-state index is 11.8. The normalized spacial score (nSPS) is 13.7. The highest BCUT2D eigenvalue weighted by Crippen LogP contribution is 2.28. The van der Waals surface area contributed by atoms with Crippen LogP contribution in [-0.2, 0) is 14.3 Å². The number of hydrogen-bond donors (Lipinski definition) is 3. The summed E-state index contributed by atoms with van der Waals surface area (Å²) in [6.45, 7) is 0.679. The van der Waals surface area contributed by atoms with Crippen LogP contribution in [0.2, 0.25) is 0 Å². The van der Waals surface area contributed by atoms with E-state index in [0.717, 1.165) is 17.7 Å². The Kier molecular flexibility index (Phi) is 6.78. The number of carbonyl (C=O) groups excluding carboxylic acids is 2. The van der Waals surface area contributed by atoms with Gasteiger partial charge in [-0.25, -0.2) is 4.79 Å². The summed E-state index contributed by atoms with van der Waals surface area (Å²) < 4.78 is 4.82. The SMILES string of the molecule is COCCN(CC(=O)O)C(=O)NCCNC(=O)C1CC1. The molecule has 0 spiro atoms. The van der Waals surface area contributed by atoms with Crippen LogP contribution in [0.4, 0.5) is 4.79 Å². The molecule has 0 radical (unpaired) electrons. The van der Waals surface area contributed by atoms with E-state index in [4.69, 9.17) is 9.84 Å². The number of hydrogen-bond acceptors (Lipinski definition) is 4. The highest BCUT2D eigenvalue weighted by atomic mass is 16.5. The van der Waals surface area contributed by atoms with Gasteiger partial charge in [0.05, 0.1) is 6.61 Å². The molecule has 0 unspecified atom stereocenters. The van der Waals surface area contributed by atoms with Crippen molar-refractivity contribution < 1.29 is 24.2 Å². The number of carbonyl (C=O) groups is 3. The zero-order chi connectivity index (χ0) is 15.0. The molecule has 0 aliphatic heterocycles. The van der Waals surface area contributed by atoms with Gasteiger partial charge in [-0.1, -0.05) is 0 Å². The molecule has 0 bridgehead atoms. The molecule has 3 amide bonds. The van der Waals surface area contributed by atoms with E-state index in [1.807, 2.05) is 0 Å². The van der Waals surface area contributed by atoms with Crippen LogP contribution in [0.15, 0.2) is 0 Å². The van der Waals surface area contributed by atoms with Crippen molar-refractivity contribution in [1.82, 2.24) is 15.5 Å². The second kappa shape index (κ2) is 8.36. The molecule has 1 saturated carbocycles. The lowest BCUT2D eigenvalue weighted by Crippen LogP contribution is -2.46. The van der Waals surface area contributed by atoms with Crippen LogP contribution in [0, 0.1) is 5.92 Å². The van der Waals surface area contributed by atoms with Gasteiger partial charge in [-0.05, 0) is 12.8 Å². The highest BCUT2D eigenvalue weighted by molar-refractivity contribution is 5.81. The Morgan fingerprint density at radius 3 is 2.45 bits per heavy atom. The largest absolute Gasteiger partial charge is 0.480 e. The smallest absolute Gasteiger partial charge is 0.323 e. The zero-order valence-corrected chi connectivity index (χ0v) is 11.6. The Bertz CT molecular complexity index is 357. The van der Waals surface area contributed by atoms with Crippen LogP contribution in [0.3, 0.4) is 0 Å². The molecule has 1 aliphatic rings. The maximum absolute atomic E-state index is 11.8. The van der Waals surface area contributed by atoms with Crippen molar-refractivity contribution in [3.8, 4) is 0 Å². The number of rotatable bonds is 9. The van der Waals surface area contributed by atoms with Crippen molar-refractivity contribution >= 4 is 17.9 Å². The minimum absolute atomic E-state index is 0.0148. The van der Waals surface area contributed by atoms with Gasteiger partial charge in [0.2, 0.25) is 5.91 Å². The molecule has 0 atom stereocenters. The van der Waals surface area contributed by atoms with E-state index in [9.17, 15) is 14.4 Å². The maximum Gasteiger partial charge on any atom is 0.323 e. The van der Waals surface area contributed by atoms with Crippen LogP contribution in [-0.4, -0.2) is 67.8 Å². The Morgan fingerprint density at radius 1 is 1.25 bits per heavy atom. The van der Waals surface area contributed by atoms with Gasteiger partial charge < -0.3 is 25.4 Å². The molecule has 0 aromatic carbocycles. The highest BCUT2D eigenvalue weighted by Gasteiger charge is 2.29. The Hall–Kier alpha value is -1.83. The molecule has 0 heterocycles. The summed E-state index contributed by atoms with van der Waals surface area (Å²) in [6, 6.07) is -0.481. The fraction of sp³-hybridized carbons (Fsp3) is 0.750. The van der Waals surface area contributed by atoms with Gasteiger partial charge in [0.1, 0.15) is 6.54 Å². The van der Waals surface area contributed by atoms with E-state index >= 15 is 0 Å². The first-order chi connectivity index (χ1) is 9.54. The van der Waals surface area contributed by atoms with Gasteiger partial charge in [0, 0.05) is 32.7 Å². The van der Waals surface area contributed by atoms with Crippen molar-refractivity contribution in [1.29, 1.82) is 0 Å². The van der Waals surface area contributed by atoms with E-state index in [1.165, 1.54) is 7.11 Å². The third kappa shape index (κ3) is 6.37. The van der Waals surface area contributed by atoms with E-state index in [0.29, 0.717) is 6.54 Å². The van der Waals surface area contributed by atoms with Crippen molar-refractivity contribution in [3.05, 3.63) is 0 Å². The van der Waals surface area contributed by atoms with E-state index in [-0.39, 0.29) is 38.1 Å². The number of methoxy groups -OCH3 is 1. The molecule has 1 rings (SSSR count). The summed E-state index contributed by atoms with van der Waals surface area (Å²) in [5.74, 6) is -0.935. The van der Waals surface area contributed by atoms with Crippen LogP contribution < -0.4 is 10.6 Å². The second-order valence-corrected chi connectivity index (χ2v) is 4.61. The van der Waals surface area contributed by atoms with Gasteiger partial charge in [-0.3, -0.25) is 9.59 Å². The monoisotopic (exact) mass is 287 g/mol. The number of urea groups is 1. The fourth-order valence-electron chi connectivity index (χ4n) is 1.57. The third-order valence-corrected chi connectivity index (χ3v) is 2.83. The molecule has 0 aromatic heterocycles. The summed E-state index contributed by atoms with van der Waals surface area (Å²) >= 11 is 0. The topological polar surface area (TPSA) is 108 Å². The summed E-state index contributed by atoms with van der Waals surface area (Å²) in [5, 5.41) is 14.0. The quantitative estimate of drug-likeness (QED) is 0.484. The lowest BCUT2D eigenvalue weighted by molar-refractivity contribution is -0.137. The summed E-state index contributed by atoms with van der Waals surface area (Å²) in [6.07, 6.45) is 1.86. The van der Waals surface area contributed by atoms with Crippen molar-refractivity contribution in [2.24, 2.45) is 5.92 Å². The van der Waals surface area contributed by atoms with Crippen LogP contribution in [0.25, 0.3) is 0 Å². The average Bonchev–Trinajstić information content (AvgIpc) is 3.23. The summed E-state index contributed by atoms with van der Waals surface area (Å²) in [4.78, 5) is 34.9. The molecule has 0 aromatic rings. The first kappa shape index (κ1) is 16.2. The van der Waals surface area contributed by atoms with E-state index in [2.05, 4.69) is 10.6 Å². The fourth-order valence-corrected chi connectivity index (χ4v) is 1.57. The molecule has 0 saturated heterocycles. The van der Waals surface area contributed by atoms with Gasteiger partial charge >= 0.3 is 12.0 Å². The Balaban J connectivity index is 2.21. The standard InChI is InChI=1S/C12H21N3O5/c1-20-7-6-15(8-10(16)17)12(19)14-5-4-13-11(18)9-2-3-9/h9H,2-8H2,1H3,(H,13,18)(H,14,19)(H,16,17). The predicted molar refractivity (Wildman–Crippen MR) is 70.2 cm³/mol. The first-order valence-corrected chi connectivity index (χ1v) is 6.55. The molecule has 3 N–H and O–H groups in total. The molecule has 20 heavy (non-hydrogen) atoms. The molecule has 1 fully saturated rings. The van der Waals surface area contributed by atoms with Crippen LogP contribution in [0.5, 0.6) is 0 Å². The molecular formula is C12H21N3O5. The summed E-state index contributed by atoms with van der Waals surface area (Å²) in [5.41, 5.74) is 0. The van der Waals surface area contributed by atoms with Gasteiger partial charge in [0.15, 0.2) is 0 Å². The van der Waals surface area contributed by atoms with Crippen molar-refractivity contribution in [3.63, 3.8) is 0 Å². The number of nitrogens with one attached hydrogen (secondary N) is 2. The van der Waals surface area contributed by atoms with Crippen LogP contribution in [0.1, 0.15) is 12.8 Å².